The Labute approximate surface area is 140 Å². The molecule has 0 spiro atoms. The summed E-state index contributed by atoms with van der Waals surface area (Å²) in [5.74, 6) is 1.00. The molecular weight excluding hydrogens is 336 g/mol. The molecule has 0 saturated carbocycles. The van der Waals surface area contributed by atoms with Crippen LogP contribution >= 0.6 is 0 Å². The molecule has 8 nitrogen and oxygen atoms in total. The first-order valence-corrected chi connectivity index (χ1v) is 9.53. The monoisotopic (exact) mass is 356 g/mol. The van der Waals surface area contributed by atoms with Crippen LogP contribution in [0, 0.1) is 0 Å². The topological polar surface area (TPSA) is 85.4 Å². The van der Waals surface area contributed by atoms with Crippen molar-refractivity contribution in [3.63, 3.8) is 0 Å². The van der Waals surface area contributed by atoms with Gasteiger partial charge in [-0.2, -0.15) is 0 Å². The number of carbonyl (C=O) groups excluding carboxylic acids is 1. The molecule has 0 unspecified atom stereocenters. The fourth-order valence-corrected chi connectivity index (χ4v) is 3.61. The first-order chi connectivity index (χ1) is 11.4. The fourth-order valence-electron chi connectivity index (χ4n) is 2.69. The summed E-state index contributed by atoms with van der Waals surface area (Å²) in [5.41, 5.74) is 0.455. The molecule has 2 aliphatic rings. The molecule has 132 valence electrons. The van der Waals surface area contributed by atoms with E-state index in [1.165, 1.54) is 4.31 Å². The van der Waals surface area contributed by atoms with Crippen molar-refractivity contribution in [2.24, 2.45) is 0 Å². The number of morpholine rings is 1. The number of benzene rings is 1. The number of rotatable bonds is 5. The van der Waals surface area contributed by atoms with Crippen LogP contribution in [0.2, 0.25) is 0 Å². The van der Waals surface area contributed by atoms with E-state index in [-0.39, 0.29) is 25.7 Å². The molecule has 9 heteroatoms. The van der Waals surface area contributed by atoms with Gasteiger partial charge in [0.2, 0.25) is 22.7 Å². The molecule has 1 aromatic rings. The second-order valence-electron chi connectivity index (χ2n) is 5.62. The minimum absolute atomic E-state index is 0.0762. The third kappa shape index (κ3) is 3.73. The number of hydrogen-bond donors (Lipinski definition) is 0. The lowest BCUT2D eigenvalue weighted by Crippen LogP contribution is -2.42. The molecule has 0 bridgehead atoms. The van der Waals surface area contributed by atoms with Crippen LogP contribution in [0.5, 0.6) is 11.5 Å². The maximum atomic E-state index is 12.3. The van der Waals surface area contributed by atoms with E-state index in [1.54, 1.807) is 23.1 Å². The first-order valence-electron chi connectivity index (χ1n) is 7.68. The Morgan fingerprint density at radius 1 is 1.21 bits per heavy atom. The smallest absolute Gasteiger partial charge is 0.232 e. The van der Waals surface area contributed by atoms with Gasteiger partial charge in [-0.1, -0.05) is 0 Å². The van der Waals surface area contributed by atoms with Crippen molar-refractivity contribution in [3.8, 4) is 11.5 Å². The third-order valence-corrected chi connectivity index (χ3v) is 5.13. The zero-order chi connectivity index (χ0) is 17.2. The van der Waals surface area contributed by atoms with Gasteiger partial charge in [-0.15, -0.1) is 0 Å². The molecule has 1 saturated heterocycles. The van der Waals surface area contributed by atoms with E-state index in [0.717, 1.165) is 6.26 Å². The summed E-state index contributed by atoms with van der Waals surface area (Å²) in [7, 11) is -3.52. The van der Waals surface area contributed by atoms with Crippen molar-refractivity contribution in [1.82, 2.24) is 4.90 Å². The van der Waals surface area contributed by atoms with E-state index in [9.17, 15) is 13.2 Å². The van der Waals surface area contributed by atoms with Gasteiger partial charge in [0.1, 0.15) is 0 Å². The van der Waals surface area contributed by atoms with Crippen LogP contribution in [0.25, 0.3) is 0 Å². The molecular formula is C15H20N2O6S. The number of sulfonamides is 1. The van der Waals surface area contributed by atoms with Crippen molar-refractivity contribution < 1.29 is 27.4 Å². The number of fused-ring (bicyclic) bond motifs is 1. The fraction of sp³-hybridized carbons (Fsp3) is 0.533. The summed E-state index contributed by atoms with van der Waals surface area (Å²) in [5, 5.41) is 0. The Bertz CT molecular complexity index is 715. The summed E-state index contributed by atoms with van der Waals surface area (Å²) in [6.07, 6.45) is 1.23. The van der Waals surface area contributed by atoms with Crippen LogP contribution in [-0.4, -0.2) is 65.1 Å². The van der Waals surface area contributed by atoms with Crippen LogP contribution < -0.4 is 13.8 Å². The second kappa shape index (κ2) is 6.86. The Morgan fingerprint density at radius 3 is 2.62 bits per heavy atom. The van der Waals surface area contributed by atoms with Crippen molar-refractivity contribution in [2.45, 2.75) is 6.42 Å². The lowest BCUT2D eigenvalue weighted by Gasteiger charge is -2.28. The predicted octanol–water partition coefficient (Wildman–Crippen LogP) is 0.430. The molecule has 1 fully saturated rings. The van der Waals surface area contributed by atoms with Crippen molar-refractivity contribution in [1.29, 1.82) is 0 Å². The lowest BCUT2D eigenvalue weighted by molar-refractivity contribution is -0.134. The van der Waals surface area contributed by atoms with Gasteiger partial charge in [0, 0.05) is 32.1 Å². The highest BCUT2D eigenvalue weighted by atomic mass is 32.2. The molecule has 3 rings (SSSR count). The minimum atomic E-state index is -3.52. The molecule has 0 radical (unpaired) electrons. The Hall–Kier alpha value is -2.00. The summed E-state index contributed by atoms with van der Waals surface area (Å²) < 4.78 is 41.2. The number of carbonyl (C=O) groups is 1. The molecule has 2 heterocycles. The Morgan fingerprint density at radius 2 is 1.92 bits per heavy atom. The number of hydrogen-bond acceptors (Lipinski definition) is 6. The SMILES string of the molecule is CS(=O)(=O)N(CCC(=O)N1CCOCC1)c1ccc2c(c1)OCO2. The molecule has 2 aliphatic heterocycles. The van der Waals surface area contributed by atoms with Gasteiger partial charge in [0.15, 0.2) is 11.5 Å². The number of nitrogens with zero attached hydrogens (tertiary/aromatic N) is 2. The Kier molecular flexibility index (Phi) is 4.81. The van der Waals surface area contributed by atoms with Gasteiger partial charge >= 0.3 is 0 Å². The molecule has 0 N–H and O–H groups in total. The average molecular weight is 356 g/mol. The van der Waals surface area contributed by atoms with E-state index in [1.807, 2.05) is 0 Å². The van der Waals surface area contributed by atoms with E-state index >= 15 is 0 Å². The van der Waals surface area contributed by atoms with Gasteiger partial charge in [-0.25, -0.2) is 8.42 Å². The first kappa shape index (κ1) is 16.8. The van der Waals surface area contributed by atoms with Crippen LogP contribution in [-0.2, 0) is 19.6 Å². The molecule has 1 aromatic carbocycles. The zero-order valence-electron chi connectivity index (χ0n) is 13.4. The molecule has 0 atom stereocenters. The van der Waals surface area contributed by atoms with Crippen LogP contribution in [0.15, 0.2) is 18.2 Å². The molecule has 0 aliphatic carbocycles. The lowest BCUT2D eigenvalue weighted by atomic mass is 10.2. The van der Waals surface area contributed by atoms with Gasteiger partial charge in [-0.05, 0) is 12.1 Å². The highest BCUT2D eigenvalue weighted by Crippen LogP contribution is 2.36. The number of amides is 1. The van der Waals surface area contributed by atoms with Crippen molar-refractivity contribution in [2.75, 3.05) is 50.2 Å². The van der Waals surface area contributed by atoms with Crippen LogP contribution in [0.1, 0.15) is 6.42 Å². The average Bonchev–Trinajstić information content (AvgIpc) is 3.02. The third-order valence-electron chi connectivity index (χ3n) is 3.94. The normalized spacial score (nSPS) is 17.0. The summed E-state index contributed by atoms with van der Waals surface area (Å²) in [6, 6.07) is 4.93. The zero-order valence-corrected chi connectivity index (χ0v) is 14.3. The maximum absolute atomic E-state index is 12.3. The number of ether oxygens (including phenoxy) is 3. The summed E-state index contributed by atoms with van der Waals surface area (Å²) in [4.78, 5) is 14.0. The summed E-state index contributed by atoms with van der Waals surface area (Å²) in [6.45, 7) is 2.32. The summed E-state index contributed by atoms with van der Waals surface area (Å²) >= 11 is 0. The van der Waals surface area contributed by atoms with Crippen LogP contribution in [0.4, 0.5) is 5.69 Å². The minimum Gasteiger partial charge on any atom is -0.454 e. The largest absolute Gasteiger partial charge is 0.454 e. The quantitative estimate of drug-likeness (QED) is 0.761. The van der Waals surface area contributed by atoms with Gasteiger partial charge < -0.3 is 19.1 Å². The second-order valence-corrected chi connectivity index (χ2v) is 7.52. The molecule has 0 aromatic heterocycles. The molecule has 1 amide bonds. The number of anilines is 1. The van der Waals surface area contributed by atoms with E-state index in [2.05, 4.69) is 0 Å². The maximum Gasteiger partial charge on any atom is 0.232 e. The molecule has 24 heavy (non-hydrogen) atoms. The van der Waals surface area contributed by atoms with Crippen LogP contribution in [0.3, 0.4) is 0 Å². The van der Waals surface area contributed by atoms with Crippen molar-refractivity contribution >= 4 is 21.6 Å². The van der Waals surface area contributed by atoms with E-state index in [0.29, 0.717) is 43.5 Å². The Balaban J connectivity index is 1.72. The van der Waals surface area contributed by atoms with E-state index < -0.39 is 10.0 Å². The highest BCUT2D eigenvalue weighted by molar-refractivity contribution is 7.92. The van der Waals surface area contributed by atoms with E-state index in [4.69, 9.17) is 14.2 Å². The van der Waals surface area contributed by atoms with Gasteiger partial charge in [-0.3, -0.25) is 9.10 Å². The van der Waals surface area contributed by atoms with Gasteiger partial charge in [0.25, 0.3) is 0 Å². The van der Waals surface area contributed by atoms with Gasteiger partial charge in [0.05, 0.1) is 25.2 Å². The highest BCUT2D eigenvalue weighted by Gasteiger charge is 2.24. The standard InChI is InChI=1S/C15H20N2O6S/c1-24(19,20)17(5-4-15(18)16-6-8-21-9-7-16)12-2-3-13-14(10-12)23-11-22-13/h2-3,10H,4-9,11H2,1H3. The van der Waals surface area contributed by atoms with Crippen molar-refractivity contribution in [3.05, 3.63) is 18.2 Å². The predicted molar refractivity (Wildman–Crippen MR) is 86.8 cm³/mol.